The van der Waals surface area contributed by atoms with E-state index >= 15 is 0 Å². The van der Waals surface area contributed by atoms with E-state index in [0.29, 0.717) is 28.0 Å². The fraction of sp³-hybridized carbons (Fsp3) is 0.235. The van der Waals surface area contributed by atoms with Crippen LogP contribution in [-0.4, -0.2) is 6.10 Å². The molecule has 0 aliphatic carbocycles. The van der Waals surface area contributed by atoms with Crippen molar-refractivity contribution < 1.29 is 13.6 Å². The van der Waals surface area contributed by atoms with Crippen LogP contribution in [0.5, 0.6) is 5.75 Å². The average molecular weight is 284 g/mol. The first-order chi connectivity index (χ1) is 10.0. The highest BCUT2D eigenvalue weighted by Gasteiger charge is 2.12. The van der Waals surface area contributed by atoms with Gasteiger partial charge in [-0.2, -0.15) is 0 Å². The summed E-state index contributed by atoms with van der Waals surface area (Å²) in [6.45, 7) is 5.73. The lowest BCUT2D eigenvalue weighted by Crippen LogP contribution is -2.07. The van der Waals surface area contributed by atoms with Gasteiger partial charge >= 0.3 is 0 Å². The minimum atomic E-state index is -0.110. The molecule has 0 aliphatic rings. The van der Waals surface area contributed by atoms with E-state index in [1.807, 2.05) is 26.8 Å². The molecule has 0 aliphatic heterocycles. The van der Waals surface area contributed by atoms with Gasteiger partial charge < -0.3 is 13.6 Å². The van der Waals surface area contributed by atoms with Crippen LogP contribution in [0.1, 0.15) is 19.6 Å². The SMILES string of the molecule is Cc1ccc(-c2coc3cc(OC(C)C)ccc3c2=O)o1. The summed E-state index contributed by atoms with van der Waals surface area (Å²) in [7, 11) is 0. The first-order valence-corrected chi connectivity index (χ1v) is 6.83. The highest BCUT2D eigenvalue weighted by molar-refractivity contribution is 5.81. The lowest BCUT2D eigenvalue weighted by Gasteiger charge is -2.09. The van der Waals surface area contributed by atoms with Crippen molar-refractivity contribution in [3.8, 4) is 17.1 Å². The first-order valence-electron chi connectivity index (χ1n) is 6.83. The highest BCUT2D eigenvalue weighted by Crippen LogP contribution is 2.24. The monoisotopic (exact) mass is 284 g/mol. The Kier molecular flexibility index (Phi) is 3.29. The fourth-order valence-electron chi connectivity index (χ4n) is 2.20. The lowest BCUT2D eigenvalue weighted by molar-refractivity contribution is 0.242. The fourth-order valence-corrected chi connectivity index (χ4v) is 2.20. The predicted molar refractivity (Wildman–Crippen MR) is 80.7 cm³/mol. The molecule has 21 heavy (non-hydrogen) atoms. The zero-order valence-electron chi connectivity index (χ0n) is 12.2. The molecule has 0 spiro atoms. The summed E-state index contributed by atoms with van der Waals surface area (Å²) in [4.78, 5) is 12.5. The van der Waals surface area contributed by atoms with Crippen LogP contribution in [0.25, 0.3) is 22.3 Å². The van der Waals surface area contributed by atoms with Gasteiger partial charge in [-0.1, -0.05) is 0 Å². The van der Waals surface area contributed by atoms with E-state index in [0.717, 1.165) is 5.76 Å². The number of furan rings is 1. The maximum Gasteiger partial charge on any atom is 0.203 e. The number of aryl methyl sites for hydroxylation is 1. The number of ether oxygens (including phenoxy) is 1. The summed E-state index contributed by atoms with van der Waals surface area (Å²) < 4.78 is 16.7. The minimum Gasteiger partial charge on any atom is -0.491 e. The van der Waals surface area contributed by atoms with Gasteiger partial charge in [0.1, 0.15) is 34.7 Å². The van der Waals surface area contributed by atoms with E-state index in [4.69, 9.17) is 13.6 Å². The Balaban J connectivity index is 2.11. The third kappa shape index (κ3) is 2.57. The molecule has 2 heterocycles. The molecular weight excluding hydrogens is 268 g/mol. The molecule has 3 rings (SSSR count). The van der Waals surface area contributed by atoms with Crippen molar-refractivity contribution in [3.05, 3.63) is 52.6 Å². The zero-order chi connectivity index (χ0) is 15.0. The van der Waals surface area contributed by atoms with Gasteiger partial charge in [-0.3, -0.25) is 4.79 Å². The Morgan fingerprint density at radius 2 is 1.95 bits per heavy atom. The second kappa shape index (κ2) is 5.13. The summed E-state index contributed by atoms with van der Waals surface area (Å²) >= 11 is 0. The van der Waals surface area contributed by atoms with Crippen LogP contribution >= 0.6 is 0 Å². The molecule has 108 valence electrons. The van der Waals surface area contributed by atoms with Crippen LogP contribution in [0, 0.1) is 6.92 Å². The lowest BCUT2D eigenvalue weighted by atomic mass is 10.1. The molecule has 2 aromatic heterocycles. The molecule has 0 N–H and O–H groups in total. The van der Waals surface area contributed by atoms with E-state index < -0.39 is 0 Å². The van der Waals surface area contributed by atoms with E-state index in [1.54, 1.807) is 24.3 Å². The topological polar surface area (TPSA) is 52.6 Å². The molecule has 0 saturated carbocycles. The van der Waals surface area contributed by atoms with Crippen molar-refractivity contribution >= 4 is 11.0 Å². The average Bonchev–Trinajstić information content (AvgIpc) is 2.85. The molecule has 3 aromatic rings. The Hall–Kier alpha value is -2.49. The van der Waals surface area contributed by atoms with Crippen molar-refractivity contribution in [2.24, 2.45) is 0 Å². The van der Waals surface area contributed by atoms with Gasteiger partial charge in [0.15, 0.2) is 0 Å². The van der Waals surface area contributed by atoms with Crippen molar-refractivity contribution in [2.75, 3.05) is 0 Å². The van der Waals surface area contributed by atoms with Gasteiger partial charge in [-0.15, -0.1) is 0 Å². The summed E-state index contributed by atoms with van der Waals surface area (Å²) in [5.41, 5.74) is 0.819. The maximum absolute atomic E-state index is 12.5. The standard InChI is InChI=1S/C17H16O4/c1-10(2)20-12-5-6-13-16(8-12)19-9-14(17(13)18)15-7-4-11(3)21-15/h4-10H,1-3H3. The Labute approximate surface area is 122 Å². The number of rotatable bonds is 3. The minimum absolute atomic E-state index is 0.0690. The normalized spacial score (nSPS) is 11.2. The first kappa shape index (κ1) is 13.5. The highest BCUT2D eigenvalue weighted by atomic mass is 16.5. The molecule has 1 aromatic carbocycles. The molecule has 4 heteroatoms. The summed E-state index contributed by atoms with van der Waals surface area (Å²) in [5, 5.41) is 0.512. The number of hydrogen-bond acceptors (Lipinski definition) is 4. The second-order valence-electron chi connectivity index (χ2n) is 5.21. The molecule has 4 nitrogen and oxygen atoms in total. The molecule has 0 atom stereocenters. The maximum atomic E-state index is 12.5. The predicted octanol–water partition coefficient (Wildman–Crippen LogP) is 4.15. The van der Waals surface area contributed by atoms with E-state index in [2.05, 4.69) is 0 Å². The third-order valence-electron chi connectivity index (χ3n) is 3.12. The van der Waals surface area contributed by atoms with Gasteiger partial charge in [-0.25, -0.2) is 0 Å². The molecule has 0 amide bonds. The van der Waals surface area contributed by atoms with Crippen molar-refractivity contribution in [1.82, 2.24) is 0 Å². The van der Waals surface area contributed by atoms with Crippen LogP contribution in [0.3, 0.4) is 0 Å². The van der Waals surface area contributed by atoms with Crippen LogP contribution in [-0.2, 0) is 0 Å². The number of benzene rings is 1. The molecule has 0 unspecified atom stereocenters. The van der Waals surface area contributed by atoms with Crippen molar-refractivity contribution in [1.29, 1.82) is 0 Å². The number of hydrogen-bond donors (Lipinski definition) is 0. The van der Waals surface area contributed by atoms with Crippen molar-refractivity contribution in [2.45, 2.75) is 26.9 Å². The van der Waals surface area contributed by atoms with E-state index in [9.17, 15) is 4.79 Å². The quantitative estimate of drug-likeness (QED) is 0.725. The van der Waals surface area contributed by atoms with Gasteiger partial charge in [-0.05, 0) is 45.0 Å². The Morgan fingerprint density at radius 3 is 2.62 bits per heavy atom. The molecule has 0 saturated heterocycles. The van der Waals surface area contributed by atoms with Gasteiger partial charge in [0.05, 0.1) is 11.5 Å². The second-order valence-corrected chi connectivity index (χ2v) is 5.21. The van der Waals surface area contributed by atoms with Crippen LogP contribution in [0.15, 0.2) is 50.2 Å². The smallest absolute Gasteiger partial charge is 0.203 e. The van der Waals surface area contributed by atoms with E-state index in [1.165, 1.54) is 6.26 Å². The molecule has 0 fully saturated rings. The molecule has 0 radical (unpaired) electrons. The van der Waals surface area contributed by atoms with Gasteiger partial charge in [0.25, 0.3) is 0 Å². The Morgan fingerprint density at radius 1 is 1.14 bits per heavy atom. The van der Waals surface area contributed by atoms with Crippen LogP contribution in [0.4, 0.5) is 0 Å². The largest absolute Gasteiger partial charge is 0.491 e. The molecule has 0 bridgehead atoms. The summed E-state index contributed by atoms with van der Waals surface area (Å²) in [5.74, 6) is 1.96. The zero-order valence-corrected chi connectivity index (χ0v) is 12.2. The Bertz CT molecular complexity index is 839. The van der Waals surface area contributed by atoms with Crippen molar-refractivity contribution in [3.63, 3.8) is 0 Å². The molecular formula is C17H16O4. The van der Waals surface area contributed by atoms with Gasteiger partial charge in [0, 0.05) is 6.07 Å². The summed E-state index contributed by atoms with van der Waals surface area (Å²) in [6, 6.07) is 8.81. The van der Waals surface area contributed by atoms with Gasteiger partial charge in [0.2, 0.25) is 5.43 Å². The summed E-state index contributed by atoms with van der Waals surface area (Å²) in [6.07, 6.45) is 1.50. The van der Waals surface area contributed by atoms with E-state index in [-0.39, 0.29) is 11.5 Å². The third-order valence-corrected chi connectivity index (χ3v) is 3.12. The van der Waals surface area contributed by atoms with Crippen LogP contribution < -0.4 is 10.2 Å². The van der Waals surface area contributed by atoms with Crippen LogP contribution in [0.2, 0.25) is 0 Å². The number of fused-ring (bicyclic) bond motifs is 1.